The largest absolute Gasteiger partial charge is 0.493 e. The van der Waals surface area contributed by atoms with Gasteiger partial charge < -0.3 is 15.2 Å². The van der Waals surface area contributed by atoms with Gasteiger partial charge in [0.05, 0.1) is 24.4 Å². The maximum absolute atomic E-state index is 11.1. The molecule has 2 amide bonds. The van der Waals surface area contributed by atoms with Crippen LogP contribution in [0.3, 0.4) is 0 Å². The first-order valence-electron chi connectivity index (χ1n) is 6.16. The van der Waals surface area contributed by atoms with E-state index in [1.54, 1.807) is 13.8 Å². The summed E-state index contributed by atoms with van der Waals surface area (Å²) in [7, 11) is 0. The molecule has 9 nitrogen and oxygen atoms in total. The zero-order valence-electron chi connectivity index (χ0n) is 11.7. The number of nitrogens with zero attached hydrogens (tertiary/aromatic N) is 2. The molecule has 0 heterocycles. The van der Waals surface area contributed by atoms with Crippen LogP contribution in [-0.2, 0) is 0 Å². The molecule has 0 atom stereocenters. The van der Waals surface area contributed by atoms with E-state index in [0.717, 1.165) is 0 Å². The summed E-state index contributed by atoms with van der Waals surface area (Å²) in [6.07, 6.45) is 1.21. The van der Waals surface area contributed by atoms with E-state index in [4.69, 9.17) is 15.2 Å². The van der Waals surface area contributed by atoms with Crippen LogP contribution in [0.4, 0.5) is 10.5 Å². The second kappa shape index (κ2) is 7.68. The fraction of sp³-hybridized carbons (Fsp3) is 0.333. The fourth-order valence-corrected chi connectivity index (χ4v) is 1.53. The van der Waals surface area contributed by atoms with Gasteiger partial charge in [0.1, 0.15) is 5.75 Å². The minimum absolute atomic E-state index is 0.103. The Hall–Kier alpha value is -2.84. The Bertz CT molecular complexity index is 559. The number of hydrogen-bond acceptors (Lipinski definition) is 6. The molecular formula is C12H16N4O5. The summed E-state index contributed by atoms with van der Waals surface area (Å²) in [5, 5.41) is 14.6. The van der Waals surface area contributed by atoms with Crippen molar-refractivity contribution in [3.05, 3.63) is 27.8 Å². The Balaban J connectivity index is 3.25. The van der Waals surface area contributed by atoms with Crippen molar-refractivity contribution in [1.82, 2.24) is 5.43 Å². The van der Waals surface area contributed by atoms with Gasteiger partial charge in [0.15, 0.2) is 0 Å². The molecule has 3 N–H and O–H groups in total. The Labute approximate surface area is 120 Å². The van der Waals surface area contributed by atoms with Crippen molar-refractivity contribution in [2.75, 3.05) is 13.2 Å². The summed E-state index contributed by atoms with van der Waals surface area (Å²) < 4.78 is 10.6. The van der Waals surface area contributed by atoms with Gasteiger partial charge in [-0.25, -0.2) is 10.2 Å². The molecule has 0 bridgehead atoms. The van der Waals surface area contributed by atoms with Crippen molar-refractivity contribution >= 4 is 17.9 Å². The first-order valence-corrected chi connectivity index (χ1v) is 6.16. The fourth-order valence-electron chi connectivity index (χ4n) is 1.53. The second-order valence-corrected chi connectivity index (χ2v) is 3.72. The number of primary amides is 1. The van der Waals surface area contributed by atoms with Gasteiger partial charge in [-0.1, -0.05) is 0 Å². The van der Waals surface area contributed by atoms with Crippen LogP contribution in [0.2, 0.25) is 0 Å². The number of carbonyl (C=O) groups is 1. The van der Waals surface area contributed by atoms with E-state index in [-0.39, 0.29) is 18.0 Å². The summed E-state index contributed by atoms with van der Waals surface area (Å²) in [5.41, 5.74) is 6.97. The molecule has 0 unspecified atom stereocenters. The monoisotopic (exact) mass is 296 g/mol. The Morgan fingerprint density at radius 1 is 1.38 bits per heavy atom. The topological polar surface area (TPSA) is 129 Å². The molecule has 9 heteroatoms. The molecule has 0 aliphatic rings. The van der Waals surface area contributed by atoms with E-state index in [1.807, 2.05) is 5.43 Å². The third kappa shape index (κ3) is 4.64. The smallest absolute Gasteiger partial charge is 0.332 e. The molecule has 0 saturated heterocycles. The van der Waals surface area contributed by atoms with Crippen LogP contribution in [0, 0.1) is 10.1 Å². The zero-order valence-corrected chi connectivity index (χ0v) is 11.7. The molecule has 0 aliphatic carbocycles. The molecule has 0 radical (unpaired) electrons. The van der Waals surface area contributed by atoms with Crippen molar-refractivity contribution in [1.29, 1.82) is 0 Å². The van der Waals surface area contributed by atoms with Crippen molar-refractivity contribution in [3.8, 4) is 11.5 Å². The molecule has 21 heavy (non-hydrogen) atoms. The SMILES string of the molecule is CCOc1cc(OCC)c([N+](=O)[O-])cc1/C=N\NC(N)=O. The summed E-state index contributed by atoms with van der Waals surface area (Å²) in [6, 6.07) is 1.82. The third-order valence-corrected chi connectivity index (χ3v) is 2.27. The van der Waals surface area contributed by atoms with Crippen molar-refractivity contribution in [3.63, 3.8) is 0 Å². The van der Waals surface area contributed by atoms with Crippen LogP contribution < -0.4 is 20.6 Å². The van der Waals surface area contributed by atoms with Crippen LogP contribution in [-0.4, -0.2) is 30.4 Å². The maximum atomic E-state index is 11.1. The lowest BCUT2D eigenvalue weighted by Crippen LogP contribution is -2.24. The number of urea groups is 1. The van der Waals surface area contributed by atoms with Gasteiger partial charge in [-0.15, -0.1) is 0 Å². The standard InChI is InChI=1S/C12H16N4O5/c1-3-20-10-6-11(21-4-2)9(16(18)19)5-8(10)7-14-15-12(13)17/h5-7H,3-4H2,1-2H3,(H3,13,15,17)/b14-7-. The first kappa shape index (κ1) is 16.2. The lowest BCUT2D eigenvalue weighted by molar-refractivity contribution is -0.385. The van der Waals surface area contributed by atoms with Gasteiger partial charge in [0, 0.05) is 17.7 Å². The van der Waals surface area contributed by atoms with Crippen LogP contribution in [0.1, 0.15) is 19.4 Å². The Morgan fingerprint density at radius 3 is 2.52 bits per heavy atom. The number of benzene rings is 1. The number of ether oxygens (including phenoxy) is 2. The lowest BCUT2D eigenvalue weighted by atomic mass is 10.1. The number of nitro groups is 1. The Morgan fingerprint density at radius 2 is 2.00 bits per heavy atom. The quantitative estimate of drug-likeness (QED) is 0.446. The molecule has 0 spiro atoms. The number of nitrogens with one attached hydrogen (secondary N) is 1. The normalized spacial score (nSPS) is 10.4. The summed E-state index contributed by atoms with van der Waals surface area (Å²) in [4.78, 5) is 21.0. The lowest BCUT2D eigenvalue weighted by Gasteiger charge is -2.10. The van der Waals surface area contributed by atoms with E-state index >= 15 is 0 Å². The summed E-state index contributed by atoms with van der Waals surface area (Å²) in [5.74, 6) is 0.451. The van der Waals surface area contributed by atoms with Crippen LogP contribution in [0.25, 0.3) is 0 Å². The highest BCUT2D eigenvalue weighted by Crippen LogP contribution is 2.34. The number of amides is 2. The molecule has 1 rings (SSSR count). The van der Waals surface area contributed by atoms with Gasteiger partial charge in [-0.05, 0) is 13.8 Å². The van der Waals surface area contributed by atoms with E-state index in [2.05, 4.69) is 5.10 Å². The number of rotatable bonds is 7. The molecule has 0 aromatic heterocycles. The molecule has 0 saturated carbocycles. The van der Waals surface area contributed by atoms with Gasteiger partial charge >= 0.3 is 11.7 Å². The van der Waals surface area contributed by atoms with Gasteiger partial charge in [0.2, 0.25) is 5.75 Å². The van der Waals surface area contributed by atoms with Crippen LogP contribution in [0.5, 0.6) is 11.5 Å². The zero-order chi connectivity index (χ0) is 15.8. The minimum Gasteiger partial charge on any atom is -0.493 e. The molecule has 1 aromatic carbocycles. The first-order chi connectivity index (χ1) is 9.99. The number of carbonyl (C=O) groups excluding carboxylic acids is 1. The van der Waals surface area contributed by atoms with Crippen LogP contribution >= 0.6 is 0 Å². The summed E-state index contributed by atoms with van der Waals surface area (Å²) >= 11 is 0. The third-order valence-electron chi connectivity index (χ3n) is 2.27. The predicted octanol–water partition coefficient (Wildman–Crippen LogP) is 1.39. The van der Waals surface area contributed by atoms with Gasteiger partial charge in [-0.2, -0.15) is 5.10 Å². The highest BCUT2D eigenvalue weighted by atomic mass is 16.6. The molecule has 0 fully saturated rings. The molecule has 1 aromatic rings. The molecular weight excluding hydrogens is 280 g/mol. The highest BCUT2D eigenvalue weighted by molar-refractivity contribution is 5.86. The molecule has 114 valence electrons. The van der Waals surface area contributed by atoms with Crippen molar-refractivity contribution in [2.45, 2.75) is 13.8 Å². The Kier molecular flexibility index (Phi) is 5.93. The number of nitro benzene ring substituents is 1. The second-order valence-electron chi connectivity index (χ2n) is 3.72. The van der Waals surface area contributed by atoms with Crippen molar-refractivity contribution < 1.29 is 19.2 Å². The van der Waals surface area contributed by atoms with E-state index in [9.17, 15) is 14.9 Å². The van der Waals surface area contributed by atoms with Gasteiger partial charge in [0.25, 0.3) is 0 Å². The van der Waals surface area contributed by atoms with E-state index in [1.165, 1.54) is 18.3 Å². The van der Waals surface area contributed by atoms with Crippen molar-refractivity contribution in [2.24, 2.45) is 10.8 Å². The average Bonchev–Trinajstić information content (AvgIpc) is 2.40. The average molecular weight is 296 g/mol. The highest BCUT2D eigenvalue weighted by Gasteiger charge is 2.19. The minimum atomic E-state index is -0.843. The predicted molar refractivity (Wildman–Crippen MR) is 75.7 cm³/mol. The number of hydrogen-bond donors (Lipinski definition) is 2. The van der Waals surface area contributed by atoms with Gasteiger partial charge in [-0.3, -0.25) is 10.1 Å². The maximum Gasteiger partial charge on any atom is 0.332 e. The van der Waals surface area contributed by atoms with E-state index < -0.39 is 11.0 Å². The summed E-state index contributed by atoms with van der Waals surface area (Å²) in [6.45, 7) is 4.12. The van der Waals surface area contributed by atoms with E-state index in [0.29, 0.717) is 17.9 Å². The van der Waals surface area contributed by atoms with Crippen LogP contribution in [0.15, 0.2) is 17.2 Å². The molecule has 0 aliphatic heterocycles. The number of nitrogens with two attached hydrogens (primary N) is 1. The number of hydrazone groups is 1.